The number of ether oxygens (including phenoxy) is 1. The summed E-state index contributed by atoms with van der Waals surface area (Å²) in [7, 11) is 0. The zero-order valence-corrected chi connectivity index (χ0v) is 17.5. The number of hydrogen-bond acceptors (Lipinski definition) is 6. The van der Waals surface area contributed by atoms with Crippen LogP contribution in [0.5, 0.6) is 0 Å². The fourth-order valence-corrected chi connectivity index (χ4v) is 4.64. The van der Waals surface area contributed by atoms with Crippen molar-refractivity contribution in [2.24, 2.45) is 0 Å². The first-order chi connectivity index (χ1) is 15.2. The van der Waals surface area contributed by atoms with E-state index in [1.807, 2.05) is 55.5 Å². The number of rotatable bonds is 4. The Labute approximate surface area is 182 Å². The molecular weight excluding hydrogens is 412 g/mol. The summed E-state index contributed by atoms with van der Waals surface area (Å²) >= 11 is 1.61. The molecule has 7 nitrogen and oxygen atoms in total. The third-order valence-corrected chi connectivity index (χ3v) is 6.19. The fourth-order valence-electron chi connectivity index (χ4n) is 3.58. The fraction of sp³-hybridized carbons (Fsp3) is 0.130. The van der Waals surface area contributed by atoms with Crippen molar-refractivity contribution in [2.45, 2.75) is 23.3 Å². The average molecular weight is 430 g/mol. The monoisotopic (exact) mass is 430 g/mol. The highest BCUT2D eigenvalue weighted by atomic mass is 32.2. The minimum atomic E-state index is -0.575. The molecule has 154 valence electrons. The molecule has 0 fully saturated rings. The summed E-state index contributed by atoms with van der Waals surface area (Å²) in [6.07, 6.45) is 0. The van der Waals surface area contributed by atoms with E-state index in [4.69, 9.17) is 4.74 Å². The van der Waals surface area contributed by atoms with Crippen LogP contribution < -0.4 is 4.90 Å². The Morgan fingerprint density at radius 2 is 1.65 bits per heavy atom. The maximum absolute atomic E-state index is 13.1. The minimum Gasteiger partial charge on any atom is -0.452 e. The lowest BCUT2D eigenvalue weighted by molar-refractivity contribution is -0.121. The first kappa shape index (κ1) is 19.3. The van der Waals surface area contributed by atoms with Crippen molar-refractivity contribution in [1.29, 1.82) is 0 Å². The number of para-hydroxylation sites is 2. The Morgan fingerprint density at radius 1 is 0.968 bits per heavy atom. The molecule has 0 spiro atoms. The number of aromatic nitrogens is 3. The van der Waals surface area contributed by atoms with Gasteiger partial charge in [0.25, 0.3) is 5.91 Å². The molecule has 2 heterocycles. The van der Waals surface area contributed by atoms with Crippen molar-refractivity contribution in [2.75, 3.05) is 11.5 Å². The molecule has 8 heteroatoms. The van der Waals surface area contributed by atoms with Crippen LogP contribution in [0.4, 0.5) is 11.4 Å². The van der Waals surface area contributed by atoms with Gasteiger partial charge >= 0.3 is 5.97 Å². The van der Waals surface area contributed by atoms with Crippen LogP contribution in [0, 0.1) is 0 Å². The van der Waals surface area contributed by atoms with Gasteiger partial charge in [-0.1, -0.05) is 41.2 Å². The molecule has 0 radical (unpaired) electrons. The van der Waals surface area contributed by atoms with Crippen molar-refractivity contribution in [3.63, 3.8) is 0 Å². The molecule has 3 aromatic carbocycles. The highest BCUT2D eigenvalue weighted by Crippen LogP contribution is 2.47. The van der Waals surface area contributed by atoms with E-state index in [9.17, 15) is 9.59 Å². The second kappa shape index (κ2) is 7.88. The smallest absolute Gasteiger partial charge is 0.338 e. The van der Waals surface area contributed by atoms with Crippen LogP contribution in [0.1, 0.15) is 17.3 Å². The summed E-state index contributed by atoms with van der Waals surface area (Å²) < 4.78 is 7.11. The molecule has 31 heavy (non-hydrogen) atoms. The van der Waals surface area contributed by atoms with Gasteiger partial charge in [-0.15, -0.1) is 5.10 Å². The third kappa shape index (κ3) is 3.44. The summed E-state index contributed by atoms with van der Waals surface area (Å²) in [5.74, 6) is -0.888. The molecule has 4 aromatic rings. The SMILES string of the molecule is CCn1nnc2cc(C(=O)OCC(=O)N3c4ccccc4Sc4ccccc43)ccc21. The number of anilines is 2. The molecule has 0 aliphatic carbocycles. The third-order valence-electron chi connectivity index (χ3n) is 5.06. The molecule has 0 bridgehead atoms. The number of fused-ring (bicyclic) bond motifs is 3. The summed E-state index contributed by atoms with van der Waals surface area (Å²) in [6.45, 7) is 2.29. The topological polar surface area (TPSA) is 77.3 Å². The number of aryl methyl sites for hydroxylation is 1. The molecule has 5 rings (SSSR count). The maximum Gasteiger partial charge on any atom is 0.338 e. The maximum atomic E-state index is 13.1. The first-order valence-electron chi connectivity index (χ1n) is 9.85. The second-order valence-electron chi connectivity index (χ2n) is 6.95. The van der Waals surface area contributed by atoms with E-state index < -0.39 is 5.97 Å². The van der Waals surface area contributed by atoms with Gasteiger partial charge in [-0.05, 0) is 49.4 Å². The molecule has 0 atom stereocenters. The van der Waals surface area contributed by atoms with E-state index in [1.165, 1.54) is 0 Å². The van der Waals surface area contributed by atoms with Gasteiger partial charge in [-0.25, -0.2) is 9.48 Å². The van der Waals surface area contributed by atoms with Crippen LogP contribution in [-0.2, 0) is 16.1 Å². The molecule has 1 aromatic heterocycles. The summed E-state index contributed by atoms with van der Waals surface area (Å²) in [4.78, 5) is 29.3. The molecule has 0 saturated carbocycles. The zero-order valence-electron chi connectivity index (χ0n) is 16.7. The molecular formula is C23H18N4O3S. The lowest BCUT2D eigenvalue weighted by Crippen LogP contribution is -2.32. The van der Waals surface area contributed by atoms with Gasteiger partial charge < -0.3 is 4.74 Å². The number of esters is 1. The van der Waals surface area contributed by atoms with Crippen molar-refractivity contribution < 1.29 is 14.3 Å². The van der Waals surface area contributed by atoms with Gasteiger partial charge in [0.05, 0.1) is 22.5 Å². The standard InChI is InChI=1S/C23H18N4O3S/c1-2-26-17-12-11-15(13-16(17)24-25-26)23(29)30-14-22(28)27-18-7-3-5-9-20(18)31-21-10-6-4-8-19(21)27/h3-13H,2,14H2,1H3. The number of nitrogens with zero attached hydrogens (tertiary/aromatic N) is 4. The van der Waals surface area contributed by atoms with Crippen LogP contribution in [0.2, 0.25) is 0 Å². The molecule has 1 aliphatic heterocycles. The average Bonchev–Trinajstić information content (AvgIpc) is 3.23. The Balaban J connectivity index is 1.37. The molecule has 0 N–H and O–H groups in total. The largest absolute Gasteiger partial charge is 0.452 e. The number of carbonyl (C=O) groups excluding carboxylic acids is 2. The number of hydrogen-bond donors (Lipinski definition) is 0. The summed E-state index contributed by atoms with van der Waals surface area (Å²) in [5.41, 5.74) is 3.35. The van der Waals surface area contributed by atoms with Crippen molar-refractivity contribution in [3.05, 3.63) is 72.3 Å². The van der Waals surface area contributed by atoms with Gasteiger partial charge in [-0.2, -0.15) is 0 Å². The van der Waals surface area contributed by atoms with Crippen LogP contribution >= 0.6 is 11.8 Å². The van der Waals surface area contributed by atoms with Crippen molar-refractivity contribution in [1.82, 2.24) is 15.0 Å². The van der Waals surface area contributed by atoms with E-state index in [-0.39, 0.29) is 12.5 Å². The summed E-state index contributed by atoms with van der Waals surface area (Å²) in [6, 6.07) is 20.5. The van der Waals surface area contributed by atoms with Crippen molar-refractivity contribution >= 4 is 46.0 Å². The molecule has 1 aliphatic rings. The number of benzene rings is 3. The minimum absolute atomic E-state index is 0.313. The Bertz CT molecular complexity index is 1270. The van der Waals surface area contributed by atoms with Crippen LogP contribution in [0.25, 0.3) is 11.0 Å². The van der Waals surface area contributed by atoms with E-state index in [1.54, 1.807) is 39.5 Å². The predicted octanol–water partition coefficient (Wildman–Crippen LogP) is 4.44. The molecule has 1 amide bonds. The van der Waals surface area contributed by atoms with Gasteiger partial charge in [0, 0.05) is 16.3 Å². The van der Waals surface area contributed by atoms with Gasteiger partial charge in [-0.3, -0.25) is 9.69 Å². The molecule has 0 saturated heterocycles. The Morgan fingerprint density at radius 3 is 2.32 bits per heavy atom. The molecule has 0 unspecified atom stereocenters. The highest BCUT2D eigenvalue weighted by molar-refractivity contribution is 7.99. The van der Waals surface area contributed by atoms with E-state index in [0.717, 1.165) is 26.7 Å². The van der Waals surface area contributed by atoms with Gasteiger partial charge in [0.2, 0.25) is 0 Å². The number of amides is 1. The van der Waals surface area contributed by atoms with Crippen molar-refractivity contribution in [3.8, 4) is 0 Å². The van der Waals surface area contributed by atoms with E-state index in [0.29, 0.717) is 17.6 Å². The predicted molar refractivity (Wildman–Crippen MR) is 118 cm³/mol. The highest BCUT2D eigenvalue weighted by Gasteiger charge is 2.28. The van der Waals surface area contributed by atoms with Gasteiger partial charge in [0.1, 0.15) is 5.52 Å². The Kier molecular flexibility index (Phi) is 4.91. The van der Waals surface area contributed by atoms with Crippen LogP contribution in [-0.4, -0.2) is 33.5 Å². The van der Waals surface area contributed by atoms with Crippen LogP contribution in [0.15, 0.2) is 76.5 Å². The van der Waals surface area contributed by atoms with E-state index in [2.05, 4.69) is 10.3 Å². The number of carbonyl (C=O) groups is 2. The normalized spacial score (nSPS) is 12.4. The first-order valence-corrected chi connectivity index (χ1v) is 10.7. The summed E-state index contributed by atoms with van der Waals surface area (Å²) in [5, 5.41) is 8.12. The quantitative estimate of drug-likeness (QED) is 0.446. The lowest BCUT2D eigenvalue weighted by Gasteiger charge is -2.30. The van der Waals surface area contributed by atoms with Crippen LogP contribution in [0.3, 0.4) is 0 Å². The van der Waals surface area contributed by atoms with E-state index >= 15 is 0 Å². The lowest BCUT2D eigenvalue weighted by atomic mass is 10.2. The second-order valence-corrected chi connectivity index (χ2v) is 8.04. The zero-order chi connectivity index (χ0) is 21.4. The Hall–Kier alpha value is -3.65. The van der Waals surface area contributed by atoms with Gasteiger partial charge in [0.15, 0.2) is 6.61 Å².